The van der Waals surface area contributed by atoms with Gasteiger partial charge in [0.1, 0.15) is 0 Å². The molecule has 0 aromatic heterocycles. The predicted octanol–water partition coefficient (Wildman–Crippen LogP) is 2.55. The Hall–Kier alpha value is -1.58. The van der Waals surface area contributed by atoms with E-state index < -0.39 is 5.82 Å². The zero-order valence-corrected chi connectivity index (χ0v) is 9.40. The standard InChI is InChI=1S/C12H15FO3/c1-9(2)16-12(14)7-8-15-11-6-4-3-5-10(11)13/h3-6,9H,7-8H2,1-2H3. The maximum absolute atomic E-state index is 13.1. The van der Waals surface area contributed by atoms with Crippen molar-refractivity contribution in [3.8, 4) is 5.75 Å². The number of hydrogen-bond donors (Lipinski definition) is 0. The van der Waals surface area contributed by atoms with Crippen molar-refractivity contribution in [3.05, 3.63) is 30.1 Å². The molecule has 0 radical (unpaired) electrons. The van der Waals surface area contributed by atoms with Gasteiger partial charge in [-0.1, -0.05) is 12.1 Å². The highest BCUT2D eigenvalue weighted by Crippen LogP contribution is 2.15. The molecule has 16 heavy (non-hydrogen) atoms. The quantitative estimate of drug-likeness (QED) is 0.724. The number of para-hydroxylation sites is 1. The number of hydrogen-bond acceptors (Lipinski definition) is 3. The third kappa shape index (κ3) is 4.29. The van der Waals surface area contributed by atoms with Crippen LogP contribution in [0.15, 0.2) is 24.3 Å². The highest BCUT2D eigenvalue weighted by molar-refractivity contribution is 5.69. The van der Waals surface area contributed by atoms with Gasteiger partial charge in [0.15, 0.2) is 11.6 Å². The molecule has 0 atom stereocenters. The van der Waals surface area contributed by atoms with E-state index in [1.165, 1.54) is 12.1 Å². The van der Waals surface area contributed by atoms with Gasteiger partial charge < -0.3 is 9.47 Å². The Kier molecular flexibility index (Phi) is 4.76. The number of halogens is 1. The molecule has 4 heteroatoms. The molecular weight excluding hydrogens is 211 g/mol. The van der Waals surface area contributed by atoms with Crippen molar-refractivity contribution in [2.45, 2.75) is 26.4 Å². The first-order valence-electron chi connectivity index (χ1n) is 5.16. The Bertz CT molecular complexity index is 350. The summed E-state index contributed by atoms with van der Waals surface area (Å²) in [6.07, 6.45) is -0.0204. The SMILES string of the molecule is CC(C)OC(=O)CCOc1ccccc1F. The second-order valence-electron chi connectivity index (χ2n) is 3.57. The van der Waals surface area contributed by atoms with Crippen LogP contribution in [0, 0.1) is 5.82 Å². The molecule has 0 saturated heterocycles. The summed E-state index contributed by atoms with van der Waals surface area (Å²) in [5, 5.41) is 0. The Morgan fingerprint density at radius 1 is 1.38 bits per heavy atom. The summed E-state index contributed by atoms with van der Waals surface area (Å²) in [5.41, 5.74) is 0. The molecule has 0 fully saturated rings. The van der Waals surface area contributed by atoms with E-state index in [1.54, 1.807) is 26.0 Å². The van der Waals surface area contributed by atoms with Gasteiger partial charge in [-0.15, -0.1) is 0 Å². The largest absolute Gasteiger partial charge is 0.490 e. The second kappa shape index (κ2) is 6.10. The molecular formula is C12H15FO3. The molecule has 0 saturated carbocycles. The van der Waals surface area contributed by atoms with Crippen LogP contribution in [0.1, 0.15) is 20.3 Å². The fraction of sp³-hybridized carbons (Fsp3) is 0.417. The molecule has 0 aliphatic heterocycles. The molecule has 0 amide bonds. The third-order valence-electron chi connectivity index (χ3n) is 1.77. The zero-order valence-electron chi connectivity index (χ0n) is 9.40. The zero-order chi connectivity index (χ0) is 12.0. The fourth-order valence-electron chi connectivity index (χ4n) is 1.13. The molecule has 0 spiro atoms. The molecule has 0 unspecified atom stereocenters. The Balaban J connectivity index is 2.31. The molecule has 0 aliphatic carbocycles. The van der Waals surface area contributed by atoms with Crippen LogP contribution in [-0.4, -0.2) is 18.7 Å². The lowest BCUT2D eigenvalue weighted by molar-refractivity contribution is -0.147. The van der Waals surface area contributed by atoms with Crippen molar-refractivity contribution in [3.63, 3.8) is 0 Å². The molecule has 1 aromatic rings. The van der Waals surface area contributed by atoms with Gasteiger partial charge in [0.2, 0.25) is 0 Å². The first-order valence-corrected chi connectivity index (χ1v) is 5.16. The minimum atomic E-state index is -0.431. The molecule has 0 bridgehead atoms. The second-order valence-corrected chi connectivity index (χ2v) is 3.57. The lowest BCUT2D eigenvalue weighted by atomic mass is 10.3. The summed E-state index contributed by atoms with van der Waals surface area (Å²) in [6, 6.07) is 6.07. The molecule has 1 rings (SSSR count). The van der Waals surface area contributed by atoms with Gasteiger partial charge in [0.05, 0.1) is 19.1 Å². The van der Waals surface area contributed by atoms with E-state index in [4.69, 9.17) is 9.47 Å². The van der Waals surface area contributed by atoms with Crippen molar-refractivity contribution in [2.24, 2.45) is 0 Å². The van der Waals surface area contributed by atoms with Gasteiger partial charge >= 0.3 is 5.97 Å². The Morgan fingerprint density at radius 2 is 2.06 bits per heavy atom. The van der Waals surface area contributed by atoms with Crippen LogP contribution >= 0.6 is 0 Å². The molecule has 88 valence electrons. The van der Waals surface area contributed by atoms with Crippen molar-refractivity contribution in [1.29, 1.82) is 0 Å². The minimum absolute atomic E-state index is 0.118. The van der Waals surface area contributed by atoms with Crippen molar-refractivity contribution in [1.82, 2.24) is 0 Å². The number of benzene rings is 1. The van der Waals surface area contributed by atoms with Crippen LogP contribution in [0.5, 0.6) is 5.75 Å². The van der Waals surface area contributed by atoms with Crippen molar-refractivity contribution < 1.29 is 18.7 Å². The van der Waals surface area contributed by atoms with Crippen LogP contribution < -0.4 is 4.74 Å². The normalized spacial score (nSPS) is 10.2. The van der Waals surface area contributed by atoms with E-state index in [0.29, 0.717) is 0 Å². The van der Waals surface area contributed by atoms with Gasteiger partial charge in [-0.2, -0.15) is 0 Å². The van der Waals surface area contributed by atoms with Crippen molar-refractivity contribution >= 4 is 5.97 Å². The first-order chi connectivity index (χ1) is 7.59. The van der Waals surface area contributed by atoms with Gasteiger partial charge in [0, 0.05) is 0 Å². The summed E-state index contributed by atoms with van der Waals surface area (Å²) >= 11 is 0. The lowest BCUT2D eigenvalue weighted by Gasteiger charge is -2.09. The summed E-state index contributed by atoms with van der Waals surface area (Å²) < 4.78 is 23.1. The van der Waals surface area contributed by atoms with Crippen LogP contribution in [0.4, 0.5) is 4.39 Å². The monoisotopic (exact) mass is 226 g/mol. The van der Waals surface area contributed by atoms with E-state index in [-0.39, 0.29) is 30.9 Å². The maximum atomic E-state index is 13.1. The molecule has 0 heterocycles. The summed E-state index contributed by atoms with van der Waals surface area (Å²) in [7, 11) is 0. The number of rotatable bonds is 5. The molecule has 0 aliphatic rings. The fourth-order valence-corrected chi connectivity index (χ4v) is 1.13. The van der Waals surface area contributed by atoms with E-state index in [0.717, 1.165) is 0 Å². The molecule has 0 N–H and O–H groups in total. The van der Waals surface area contributed by atoms with E-state index in [1.807, 2.05) is 0 Å². The predicted molar refractivity (Wildman–Crippen MR) is 57.7 cm³/mol. The van der Waals surface area contributed by atoms with Gasteiger partial charge in [-0.25, -0.2) is 4.39 Å². The number of carbonyl (C=O) groups excluding carboxylic acids is 1. The number of ether oxygens (including phenoxy) is 2. The minimum Gasteiger partial charge on any atom is -0.490 e. The average molecular weight is 226 g/mol. The Morgan fingerprint density at radius 3 is 2.69 bits per heavy atom. The Labute approximate surface area is 94.2 Å². The summed E-state index contributed by atoms with van der Waals surface area (Å²) in [5.74, 6) is -0.620. The van der Waals surface area contributed by atoms with Crippen LogP contribution in [0.2, 0.25) is 0 Å². The first kappa shape index (κ1) is 12.5. The van der Waals surface area contributed by atoms with Crippen LogP contribution in [0.25, 0.3) is 0 Å². The highest BCUT2D eigenvalue weighted by atomic mass is 19.1. The van der Waals surface area contributed by atoms with E-state index in [2.05, 4.69) is 0 Å². The highest BCUT2D eigenvalue weighted by Gasteiger charge is 2.07. The lowest BCUT2D eigenvalue weighted by Crippen LogP contribution is -2.14. The molecule has 1 aromatic carbocycles. The topological polar surface area (TPSA) is 35.5 Å². The van der Waals surface area contributed by atoms with Gasteiger partial charge in [-0.05, 0) is 26.0 Å². The number of carbonyl (C=O) groups is 1. The van der Waals surface area contributed by atoms with E-state index in [9.17, 15) is 9.18 Å². The van der Waals surface area contributed by atoms with Crippen LogP contribution in [0.3, 0.4) is 0 Å². The summed E-state index contributed by atoms with van der Waals surface area (Å²) in [6.45, 7) is 3.66. The maximum Gasteiger partial charge on any atom is 0.309 e. The number of esters is 1. The van der Waals surface area contributed by atoms with Crippen molar-refractivity contribution in [2.75, 3.05) is 6.61 Å². The van der Waals surface area contributed by atoms with Crippen LogP contribution in [-0.2, 0) is 9.53 Å². The van der Waals surface area contributed by atoms with Gasteiger partial charge in [-0.3, -0.25) is 4.79 Å². The van der Waals surface area contributed by atoms with Gasteiger partial charge in [0.25, 0.3) is 0 Å². The summed E-state index contributed by atoms with van der Waals surface area (Å²) in [4.78, 5) is 11.1. The third-order valence-corrected chi connectivity index (χ3v) is 1.77. The molecule has 3 nitrogen and oxygen atoms in total. The average Bonchev–Trinajstić information content (AvgIpc) is 2.19. The van der Waals surface area contributed by atoms with E-state index >= 15 is 0 Å². The smallest absolute Gasteiger partial charge is 0.309 e.